The highest BCUT2D eigenvalue weighted by atomic mass is 16.7. The van der Waals surface area contributed by atoms with E-state index in [1.54, 1.807) is 44.6 Å². The second-order valence-electron chi connectivity index (χ2n) is 16.7. The van der Waals surface area contributed by atoms with Crippen molar-refractivity contribution < 1.29 is 56.3 Å². The third-order valence-electron chi connectivity index (χ3n) is 11.1. The highest BCUT2D eigenvalue weighted by Crippen LogP contribution is 2.36. The monoisotopic (exact) mass is 874 g/mol. The molecule has 0 bridgehead atoms. The molecular formula is C52H58O12. The summed E-state index contributed by atoms with van der Waals surface area (Å²) >= 11 is 0. The molecule has 12 nitrogen and oxygen atoms in total. The normalized spacial score (nSPS) is 11.5. The fraction of sp³-hybridized carbons (Fsp3) is 0.346. The molecule has 6 aromatic rings. The molecule has 0 atom stereocenters. The number of carbonyl (C=O) groups is 2. The Kier molecular flexibility index (Phi) is 15.0. The minimum absolute atomic E-state index is 0.185. The lowest BCUT2D eigenvalue weighted by atomic mass is 9.91. The van der Waals surface area contributed by atoms with E-state index in [9.17, 15) is 9.59 Å². The van der Waals surface area contributed by atoms with Crippen molar-refractivity contribution in [3.63, 3.8) is 0 Å². The average molecular weight is 875 g/mol. The van der Waals surface area contributed by atoms with Gasteiger partial charge in [0, 0.05) is 25.7 Å². The second-order valence-corrected chi connectivity index (χ2v) is 16.7. The van der Waals surface area contributed by atoms with E-state index in [0.29, 0.717) is 66.6 Å². The van der Waals surface area contributed by atoms with Gasteiger partial charge in [0.1, 0.15) is 28.6 Å². The molecule has 0 aliphatic heterocycles. The second kappa shape index (κ2) is 20.6. The summed E-state index contributed by atoms with van der Waals surface area (Å²) in [5.74, 6) is 6.05. The summed E-state index contributed by atoms with van der Waals surface area (Å²) < 4.78 is 57.7. The van der Waals surface area contributed by atoms with E-state index in [4.69, 9.17) is 46.7 Å². The van der Waals surface area contributed by atoms with Crippen LogP contribution in [0.25, 0.3) is 0 Å². The largest absolute Gasteiger partial charge is 0.519 e. The van der Waals surface area contributed by atoms with Gasteiger partial charge in [-0.1, -0.05) is 38.1 Å². The van der Waals surface area contributed by atoms with E-state index in [1.807, 2.05) is 87.5 Å². The first-order valence-electron chi connectivity index (χ1n) is 21.3. The van der Waals surface area contributed by atoms with E-state index in [-0.39, 0.29) is 23.1 Å². The van der Waals surface area contributed by atoms with E-state index in [1.165, 1.54) is 14.2 Å². The van der Waals surface area contributed by atoms with E-state index < -0.39 is 11.6 Å². The Morgan fingerprint density at radius 3 is 1.09 bits per heavy atom. The van der Waals surface area contributed by atoms with E-state index in [2.05, 4.69) is 20.8 Å². The summed E-state index contributed by atoms with van der Waals surface area (Å²) in [5.41, 5.74) is 2.82. The summed E-state index contributed by atoms with van der Waals surface area (Å²) in [6.45, 7) is 11.8. The fourth-order valence-corrected chi connectivity index (χ4v) is 6.61. The zero-order valence-electron chi connectivity index (χ0n) is 38.4. The highest BCUT2D eigenvalue weighted by molar-refractivity contribution is 5.79. The maximum Gasteiger partial charge on any atom is 0.519 e. The lowest BCUT2D eigenvalue weighted by molar-refractivity contribution is -0.144. The van der Waals surface area contributed by atoms with Crippen molar-refractivity contribution in [2.45, 2.75) is 85.7 Å². The molecule has 0 saturated carbocycles. The summed E-state index contributed by atoms with van der Waals surface area (Å²) in [4.78, 5) is 25.7. The third-order valence-corrected chi connectivity index (χ3v) is 11.1. The number of ether oxygens (including phenoxy) is 8. The van der Waals surface area contributed by atoms with Crippen LogP contribution in [0.1, 0.15) is 99.7 Å². The lowest BCUT2D eigenvalue weighted by Gasteiger charge is -2.26. The van der Waals surface area contributed by atoms with Gasteiger partial charge in [0.25, 0.3) is 0 Å². The molecule has 2 heterocycles. The average Bonchev–Trinajstić information content (AvgIpc) is 3.93. The van der Waals surface area contributed by atoms with Gasteiger partial charge in [-0.05, 0) is 136 Å². The highest BCUT2D eigenvalue weighted by Gasteiger charge is 2.29. The van der Waals surface area contributed by atoms with Crippen LogP contribution in [0.2, 0.25) is 0 Å². The van der Waals surface area contributed by atoms with Gasteiger partial charge in [-0.25, -0.2) is 4.79 Å². The van der Waals surface area contributed by atoms with Crippen LogP contribution in [0.4, 0.5) is 4.79 Å². The van der Waals surface area contributed by atoms with Gasteiger partial charge in [-0.15, -0.1) is 0 Å². The number of benzene rings is 4. The Labute approximate surface area is 375 Å². The molecule has 0 spiro atoms. The molecule has 0 radical (unpaired) electrons. The number of hydrogen-bond donors (Lipinski definition) is 0. The Morgan fingerprint density at radius 2 is 0.766 bits per heavy atom. The van der Waals surface area contributed by atoms with Gasteiger partial charge in [0.2, 0.25) is 0 Å². The van der Waals surface area contributed by atoms with Crippen molar-refractivity contribution in [1.29, 1.82) is 0 Å². The topological polar surface area (TPSA) is 134 Å². The quantitative estimate of drug-likeness (QED) is 0.0410. The predicted octanol–water partition coefficient (Wildman–Crippen LogP) is 11.8. The van der Waals surface area contributed by atoms with E-state index in [0.717, 1.165) is 51.7 Å². The number of furan rings is 2. The molecular weight excluding hydrogens is 817 g/mol. The van der Waals surface area contributed by atoms with Crippen molar-refractivity contribution >= 4 is 12.1 Å². The summed E-state index contributed by atoms with van der Waals surface area (Å²) in [6.07, 6.45) is 2.60. The molecule has 0 amide bonds. The molecule has 0 unspecified atom stereocenters. The van der Waals surface area contributed by atoms with Crippen LogP contribution in [0.5, 0.6) is 46.0 Å². The van der Waals surface area contributed by atoms with Crippen LogP contribution in [0.3, 0.4) is 0 Å². The first-order chi connectivity index (χ1) is 30.6. The first-order valence-corrected chi connectivity index (χ1v) is 21.3. The standard InChI is InChI=1S/C52H58O12/c1-11-51(3,4)49(53)61-41-21-13-33(29-45(41)55-7)25-37-17-18-38(59-37)26-34-14-22-42(46(30-34)56-8)62-50(54)63-43-23-15-35(31-47(43)57-9)27-39-19-20-40(60-39)28-36-16-24-44(48(32-36)58-10)64-52(5,6)12-2/h13-24,29-32H,11-12,25-28H2,1-10H3. The molecule has 12 heteroatoms. The minimum Gasteiger partial charge on any atom is -0.493 e. The van der Waals surface area contributed by atoms with Crippen molar-refractivity contribution in [3.05, 3.63) is 142 Å². The molecule has 0 aliphatic carbocycles. The Morgan fingerprint density at radius 1 is 0.438 bits per heavy atom. The lowest BCUT2D eigenvalue weighted by Crippen LogP contribution is -2.28. The number of carbonyl (C=O) groups excluding carboxylic acids is 2. The van der Waals surface area contributed by atoms with Crippen LogP contribution in [0, 0.1) is 5.41 Å². The molecule has 338 valence electrons. The van der Waals surface area contributed by atoms with Gasteiger partial charge < -0.3 is 46.7 Å². The minimum atomic E-state index is -0.957. The summed E-state index contributed by atoms with van der Waals surface area (Å²) in [7, 11) is 6.18. The smallest absolute Gasteiger partial charge is 0.493 e. The Hall–Kier alpha value is -6.82. The maximum absolute atomic E-state index is 13.0. The van der Waals surface area contributed by atoms with Crippen molar-refractivity contribution in [1.82, 2.24) is 0 Å². The number of rotatable bonds is 20. The van der Waals surface area contributed by atoms with Gasteiger partial charge in [-0.3, -0.25) is 4.79 Å². The van der Waals surface area contributed by atoms with Gasteiger partial charge in [0.05, 0.1) is 33.9 Å². The molecule has 4 aromatic carbocycles. The van der Waals surface area contributed by atoms with Gasteiger partial charge >= 0.3 is 12.1 Å². The Balaban J connectivity index is 1.03. The molecule has 64 heavy (non-hydrogen) atoms. The Bertz CT molecular complexity index is 2540. The number of esters is 1. The SMILES string of the molecule is CCC(C)(C)Oc1ccc(Cc2ccc(Cc3ccc(OC(=O)Oc4ccc(Cc5ccc(Cc6ccc(OC(=O)C(C)(C)CC)c(OC)c6)o5)cc4OC)c(OC)c3)o2)cc1OC. The van der Waals surface area contributed by atoms with Crippen molar-refractivity contribution in [2.75, 3.05) is 28.4 Å². The maximum atomic E-state index is 13.0. The number of hydrogen-bond acceptors (Lipinski definition) is 12. The van der Waals surface area contributed by atoms with Crippen LogP contribution in [0.15, 0.2) is 106 Å². The molecule has 0 aliphatic rings. The van der Waals surface area contributed by atoms with Crippen molar-refractivity contribution in [2.24, 2.45) is 5.41 Å². The van der Waals surface area contributed by atoms with Crippen LogP contribution >= 0.6 is 0 Å². The number of methoxy groups -OCH3 is 4. The van der Waals surface area contributed by atoms with Gasteiger partial charge in [0.15, 0.2) is 46.0 Å². The summed E-state index contributed by atoms with van der Waals surface area (Å²) in [5, 5.41) is 0. The summed E-state index contributed by atoms with van der Waals surface area (Å²) in [6, 6.07) is 29.7. The van der Waals surface area contributed by atoms with Crippen LogP contribution < -0.4 is 37.9 Å². The van der Waals surface area contributed by atoms with Crippen LogP contribution in [-0.4, -0.2) is 46.2 Å². The zero-order valence-corrected chi connectivity index (χ0v) is 38.4. The fourth-order valence-electron chi connectivity index (χ4n) is 6.61. The third kappa shape index (κ3) is 12.0. The van der Waals surface area contributed by atoms with Crippen molar-refractivity contribution in [3.8, 4) is 46.0 Å². The molecule has 0 N–H and O–H groups in total. The molecule has 0 fully saturated rings. The molecule has 6 rings (SSSR count). The molecule has 0 saturated heterocycles. The zero-order chi connectivity index (χ0) is 46.0. The first kappa shape index (κ1) is 46.7. The van der Waals surface area contributed by atoms with Gasteiger partial charge in [-0.2, -0.15) is 0 Å². The van der Waals surface area contributed by atoms with E-state index >= 15 is 0 Å². The van der Waals surface area contributed by atoms with Crippen LogP contribution in [-0.2, 0) is 30.5 Å². The predicted molar refractivity (Wildman–Crippen MR) is 242 cm³/mol. The molecule has 2 aromatic heterocycles.